The molecule has 0 radical (unpaired) electrons. The van der Waals surface area contributed by atoms with Crippen molar-refractivity contribution in [2.45, 2.75) is 12.8 Å². The summed E-state index contributed by atoms with van der Waals surface area (Å²) in [5, 5.41) is 0. The second kappa shape index (κ2) is 12.5. The van der Waals surface area contributed by atoms with Crippen molar-refractivity contribution in [2.75, 3.05) is 54.6 Å². The summed E-state index contributed by atoms with van der Waals surface area (Å²) in [6.07, 6.45) is 5.27. The molecular weight excluding hydrogens is 400 g/mol. The highest BCUT2D eigenvalue weighted by Crippen LogP contribution is 2.27. The summed E-state index contributed by atoms with van der Waals surface area (Å²) >= 11 is 0. The topological polar surface area (TPSA) is 94.1 Å². The van der Waals surface area contributed by atoms with E-state index >= 15 is 0 Å². The van der Waals surface area contributed by atoms with Crippen LogP contribution in [0.25, 0.3) is 0 Å². The fourth-order valence-electron chi connectivity index (χ4n) is 2.97. The first kappa shape index (κ1) is 24.1. The number of carbonyl (C=O) groups excluding carboxylic acids is 2. The van der Waals surface area contributed by atoms with Crippen molar-refractivity contribution in [3.05, 3.63) is 48.0 Å². The molecule has 0 atom stereocenters. The molecule has 31 heavy (non-hydrogen) atoms. The Balaban J connectivity index is 1.90. The monoisotopic (exact) mass is 430 g/mol. The maximum absolute atomic E-state index is 12.7. The van der Waals surface area contributed by atoms with Gasteiger partial charge in [-0.2, -0.15) is 0 Å². The molecule has 0 saturated carbocycles. The first-order valence-corrected chi connectivity index (χ1v) is 9.99. The van der Waals surface area contributed by atoms with Gasteiger partial charge in [-0.1, -0.05) is 6.07 Å². The second-order valence-corrected chi connectivity index (χ2v) is 6.88. The zero-order valence-electron chi connectivity index (χ0n) is 18.5. The van der Waals surface area contributed by atoms with Crippen LogP contribution >= 0.6 is 0 Å². The predicted octanol–water partition coefficient (Wildman–Crippen LogP) is 1.67. The number of nitrogens with zero attached hydrogens (tertiary/aromatic N) is 4. The third-order valence-electron chi connectivity index (χ3n) is 4.84. The van der Waals surface area contributed by atoms with Crippen LogP contribution in [0.3, 0.4) is 0 Å². The lowest BCUT2D eigenvalue weighted by Crippen LogP contribution is -2.38. The SMILES string of the molecule is COCCN(CCC(=O)N(C)CCc1ccc(OC)c(OC)c1)C(=O)c1cnccn1. The second-order valence-electron chi connectivity index (χ2n) is 6.88. The number of likely N-dealkylation sites (N-methyl/N-ethyl adjacent to an activating group) is 1. The first-order valence-electron chi connectivity index (χ1n) is 9.99. The molecule has 0 aliphatic rings. The molecule has 0 spiro atoms. The lowest BCUT2D eigenvalue weighted by Gasteiger charge is -2.23. The van der Waals surface area contributed by atoms with Crippen LogP contribution in [0.2, 0.25) is 0 Å². The summed E-state index contributed by atoms with van der Waals surface area (Å²) in [4.78, 5) is 36.5. The van der Waals surface area contributed by atoms with E-state index in [2.05, 4.69) is 9.97 Å². The molecule has 0 unspecified atom stereocenters. The van der Waals surface area contributed by atoms with Crippen LogP contribution in [-0.2, 0) is 16.0 Å². The van der Waals surface area contributed by atoms with E-state index < -0.39 is 0 Å². The number of benzene rings is 1. The summed E-state index contributed by atoms with van der Waals surface area (Å²) in [7, 11) is 6.51. The number of aromatic nitrogens is 2. The highest BCUT2D eigenvalue weighted by molar-refractivity contribution is 5.92. The summed E-state index contributed by atoms with van der Waals surface area (Å²) in [5.41, 5.74) is 1.28. The standard InChI is InChI=1S/C22H30N4O5/c1-25(11-7-17-5-6-19(30-3)20(15-17)31-4)21(27)8-12-26(13-14-29-2)22(28)18-16-23-9-10-24-18/h5-6,9-10,15-16H,7-8,11-14H2,1-4H3. The van der Waals surface area contributed by atoms with Crippen LogP contribution < -0.4 is 9.47 Å². The van der Waals surface area contributed by atoms with E-state index in [-0.39, 0.29) is 30.5 Å². The Kier molecular flexibility index (Phi) is 9.70. The number of hydrogen-bond acceptors (Lipinski definition) is 7. The Hall–Kier alpha value is -3.20. The Morgan fingerprint density at radius 2 is 1.77 bits per heavy atom. The maximum Gasteiger partial charge on any atom is 0.274 e. The van der Waals surface area contributed by atoms with Gasteiger partial charge in [0, 0.05) is 52.6 Å². The van der Waals surface area contributed by atoms with Crippen LogP contribution in [0.5, 0.6) is 11.5 Å². The van der Waals surface area contributed by atoms with Crippen LogP contribution in [-0.4, -0.2) is 86.2 Å². The third-order valence-corrected chi connectivity index (χ3v) is 4.84. The number of carbonyl (C=O) groups is 2. The van der Waals surface area contributed by atoms with E-state index in [9.17, 15) is 9.59 Å². The molecule has 0 bridgehead atoms. The summed E-state index contributed by atoms with van der Waals surface area (Å²) in [6, 6.07) is 5.71. The average molecular weight is 431 g/mol. The largest absolute Gasteiger partial charge is 0.493 e. The van der Waals surface area contributed by atoms with Crippen molar-refractivity contribution in [1.29, 1.82) is 0 Å². The molecule has 0 aliphatic carbocycles. The number of amides is 2. The zero-order valence-corrected chi connectivity index (χ0v) is 18.5. The zero-order chi connectivity index (χ0) is 22.6. The van der Waals surface area contributed by atoms with Crippen LogP contribution in [0, 0.1) is 0 Å². The molecule has 1 aromatic heterocycles. The molecule has 0 fully saturated rings. The molecule has 9 heteroatoms. The molecule has 0 saturated heterocycles. The van der Waals surface area contributed by atoms with Crippen LogP contribution in [0.4, 0.5) is 0 Å². The van der Waals surface area contributed by atoms with Crippen molar-refractivity contribution in [1.82, 2.24) is 19.8 Å². The predicted molar refractivity (Wildman–Crippen MR) is 115 cm³/mol. The van der Waals surface area contributed by atoms with Gasteiger partial charge in [-0.3, -0.25) is 14.6 Å². The van der Waals surface area contributed by atoms with Gasteiger partial charge >= 0.3 is 0 Å². The summed E-state index contributed by atoms with van der Waals surface area (Å²) in [5.74, 6) is 1.01. The summed E-state index contributed by atoms with van der Waals surface area (Å²) in [6.45, 7) is 1.56. The van der Waals surface area contributed by atoms with Gasteiger partial charge in [0.1, 0.15) is 5.69 Å². The van der Waals surface area contributed by atoms with E-state index in [1.54, 1.807) is 38.2 Å². The number of methoxy groups -OCH3 is 3. The Morgan fingerprint density at radius 3 is 2.42 bits per heavy atom. The van der Waals surface area contributed by atoms with Gasteiger partial charge in [0.05, 0.1) is 27.0 Å². The molecular formula is C22H30N4O5. The van der Waals surface area contributed by atoms with E-state index in [1.165, 1.54) is 18.6 Å². The van der Waals surface area contributed by atoms with Crippen LogP contribution in [0.15, 0.2) is 36.8 Å². The number of hydrogen-bond donors (Lipinski definition) is 0. The normalized spacial score (nSPS) is 10.5. The van der Waals surface area contributed by atoms with Gasteiger partial charge in [0.25, 0.3) is 5.91 Å². The van der Waals surface area contributed by atoms with E-state index in [4.69, 9.17) is 14.2 Å². The van der Waals surface area contributed by atoms with Gasteiger partial charge in [0.15, 0.2) is 11.5 Å². The van der Waals surface area contributed by atoms with E-state index in [0.29, 0.717) is 37.6 Å². The number of ether oxygens (including phenoxy) is 3. The molecule has 2 rings (SSSR count). The molecule has 0 N–H and O–H groups in total. The highest BCUT2D eigenvalue weighted by atomic mass is 16.5. The lowest BCUT2D eigenvalue weighted by atomic mass is 10.1. The first-order chi connectivity index (χ1) is 15.0. The molecule has 2 aromatic rings. The highest BCUT2D eigenvalue weighted by Gasteiger charge is 2.19. The Bertz CT molecular complexity index is 847. The van der Waals surface area contributed by atoms with Crippen LogP contribution in [0.1, 0.15) is 22.5 Å². The molecule has 168 valence electrons. The van der Waals surface area contributed by atoms with Gasteiger partial charge in [-0.05, 0) is 24.1 Å². The minimum Gasteiger partial charge on any atom is -0.493 e. The van der Waals surface area contributed by atoms with Gasteiger partial charge < -0.3 is 24.0 Å². The molecule has 1 aromatic carbocycles. The van der Waals surface area contributed by atoms with Gasteiger partial charge in [-0.15, -0.1) is 0 Å². The molecule has 2 amide bonds. The fraction of sp³-hybridized carbons (Fsp3) is 0.455. The van der Waals surface area contributed by atoms with Crippen molar-refractivity contribution >= 4 is 11.8 Å². The number of rotatable bonds is 12. The minimum absolute atomic E-state index is 0.0464. The fourth-order valence-corrected chi connectivity index (χ4v) is 2.97. The smallest absolute Gasteiger partial charge is 0.274 e. The Labute approximate surface area is 182 Å². The molecule has 0 aliphatic heterocycles. The average Bonchev–Trinajstić information content (AvgIpc) is 2.82. The van der Waals surface area contributed by atoms with Crippen molar-refractivity contribution < 1.29 is 23.8 Å². The van der Waals surface area contributed by atoms with Crippen molar-refractivity contribution in [3.63, 3.8) is 0 Å². The van der Waals surface area contributed by atoms with Gasteiger partial charge in [0.2, 0.25) is 5.91 Å². The maximum atomic E-state index is 12.7. The van der Waals surface area contributed by atoms with E-state index in [0.717, 1.165) is 5.56 Å². The van der Waals surface area contributed by atoms with Crippen molar-refractivity contribution in [3.8, 4) is 11.5 Å². The Morgan fingerprint density at radius 1 is 1.00 bits per heavy atom. The van der Waals surface area contributed by atoms with Gasteiger partial charge in [-0.25, -0.2) is 4.98 Å². The van der Waals surface area contributed by atoms with E-state index in [1.807, 2.05) is 18.2 Å². The minimum atomic E-state index is -0.272. The summed E-state index contributed by atoms with van der Waals surface area (Å²) < 4.78 is 15.7. The quantitative estimate of drug-likeness (QED) is 0.506. The molecule has 1 heterocycles. The molecule has 9 nitrogen and oxygen atoms in total. The van der Waals surface area contributed by atoms with Crippen molar-refractivity contribution in [2.24, 2.45) is 0 Å². The third kappa shape index (κ3) is 7.21. The lowest BCUT2D eigenvalue weighted by molar-refractivity contribution is -0.130.